The fourth-order valence-electron chi connectivity index (χ4n) is 3.48. The van der Waals surface area contributed by atoms with Crippen molar-refractivity contribution in [3.05, 3.63) is 83.2 Å². The number of halogens is 3. The smallest absolute Gasteiger partial charge is 0.416 e. The summed E-state index contributed by atoms with van der Waals surface area (Å²) in [6.07, 6.45) is -2.51. The molecule has 8 nitrogen and oxygen atoms in total. The highest BCUT2D eigenvalue weighted by atomic mass is 19.4. The van der Waals surface area contributed by atoms with E-state index < -0.39 is 30.3 Å². The van der Waals surface area contributed by atoms with Crippen molar-refractivity contribution in [1.29, 1.82) is 0 Å². The molecule has 1 amide bonds. The summed E-state index contributed by atoms with van der Waals surface area (Å²) >= 11 is 0. The molecule has 0 atom stereocenters. The van der Waals surface area contributed by atoms with Crippen molar-refractivity contribution in [2.45, 2.75) is 32.5 Å². The Labute approximate surface area is 217 Å². The van der Waals surface area contributed by atoms with Gasteiger partial charge in [-0.05, 0) is 53.9 Å². The minimum Gasteiger partial charge on any atom is -0.493 e. The van der Waals surface area contributed by atoms with Crippen molar-refractivity contribution in [2.24, 2.45) is 0 Å². The number of carboxylic acid groups (broad SMARTS) is 1. The molecular weight excluding hydrogens is 505 g/mol. The highest BCUT2D eigenvalue weighted by molar-refractivity contribution is 5.78. The number of hydrogen-bond acceptors (Lipinski definition) is 6. The predicted molar refractivity (Wildman–Crippen MR) is 131 cm³/mol. The van der Waals surface area contributed by atoms with Gasteiger partial charge in [0.15, 0.2) is 11.5 Å². The zero-order valence-corrected chi connectivity index (χ0v) is 20.8. The summed E-state index contributed by atoms with van der Waals surface area (Å²) < 4.78 is 55.2. The van der Waals surface area contributed by atoms with E-state index in [0.717, 1.165) is 34.7 Å². The second-order valence-corrected chi connectivity index (χ2v) is 8.24. The maximum Gasteiger partial charge on any atom is 0.416 e. The van der Waals surface area contributed by atoms with Crippen LogP contribution in [0.3, 0.4) is 0 Å². The molecule has 0 spiro atoms. The van der Waals surface area contributed by atoms with Crippen LogP contribution in [-0.4, -0.2) is 47.3 Å². The van der Waals surface area contributed by atoms with Gasteiger partial charge >= 0.3 is 18.2 Å². The molecule has 1 N–H and O–H groups in total. The Bertz CT molecular complexity index is 1250. The summed E-state index contributed by atoms with van der Waals surface area (Å²) in [4.78, 5) is 29.3. The number of carbonyl (C=O) groups is 2. The maximum atomic E-state index is 13.0. The third-order valence-electron chi connectivity index (χ3n) is 5.46. The van der Waals surface area contributed by atoms with Crippen LogP contribution in [0.4, 0.5) is 18.0 Å². The van der Waals surface area contributed by atoms with Crippen molar-refractivity contribution in [3.63, 3.8) is 0 Å². The minimum atomic E-state index is -4.63. The standard InChI is InChI=1S/C27H27F3N2O6/c1-3-18-7-9-21(31-15-18)11-12-37-24-13-19(8-10-23(24)36-2)16-32(17-25(33)34)26(35)38-22-6-4-5-20(14-22)27(28,29)30/h4-10,13-15H,3,11-12,16-17H2,1-2H3,(H,33,34). The Morgan fingerprint density at radius 2 is 1.79 bits per heavy atom. The summed E-state index contributed by atoms with van der Waals surface area (Å²) in [5.41, 5.74) is 1.47. The molecule has 0 unspecified atom stereocenters. The van der Waals surface area contributed by atoms with E-state index in [1.54, 1.807) is 18.2 Å². The third-order valence-corrected chi connectivity index (χ3v) is 5.46. The Hall–Kier alpha value is -4.28. The summed E-state index contributed by atoms with van der Waals surface area (Å²) in [6.45, 7) is 1.39. The Kier molecular flexibility index (Phi) is 9.53. The Balaban J connectivity index is 1.71. The number of amides is 1. The highest BCUT2D eigenvalue weighted by Gasteiger charge is 2.31. The number of carbonyl (C=O) groups excluding carboxylic acids is 1. The highest BCUT2D eigenvalue weighted by Crippen LogP contribution is 2.32. The normalized spacial score (nSPS) is 11.1. The first-order chi connectivity index (χ1) is 18.1. The molecule has 0 fully saturated rings. The van der Waals surface area contributed by atoms with E-state index in [-0.39, 0.29) is 18.9 Å². The predicted octanol–water partition coefficient (Wildman–Crippen LogP) is 5.38. The van der Waals surface area contributed by atoms with Crippen molar-refractivity contribution < 1.29 is 42.1 Å². The molecule has 38 heavy (non-hydrogen) atoms. The van der Waals surface area contributed by atoms with Crippen LogP contribution in [0.2, 0.25) is 0 Å². The maximum absolute atomic E-state index is 13.0. The molecule has 0 saturated carbocycles. The molecule has 0 aliphatic carbocycles. The summed E-state index contributed by atoms with van der Waals surface area (Å²) in [5, 5.41) is 9.27. The second-order valence-electron chi connectivity index (χ2n) is 8.24. The number of nitrogens with zero attached hydrogens (tertiary/aromatic N) is 2. The molecule has 0 aliphatic rings. The van der Waals surface area contributed by atoms with Gasteiger partial charge in [-0.15, -0.1) is 0 Å². The lowest BCUT2D eigenvalue weighted by molar-refractivity contribution is -0.138. The van der Waals surface area contributed by atoms with Gasteiger partial charge in [0.05, 0.1) is 19.3 Å². The van der Waals surface area contributed by atoms with Crippen LogP contribution in [0.5, 0.6) is 17.2 Å². The van der Waals surface area contributed by atoms with Crippen molar-refractivity contribution in [3.8, 4) is 17.2 Å². The zero-order valence-electron chi connectivity index (χ0n) is 20.8. The lowest BCUT2D eigenvalue weighted by Crippen LogP contribution is -2.37. The molecule has 0 aliphatic heterocycles. The monoisotopic (exact) mass is 532 g/mol. The van der Waals surface area contributed by atoms with Gasteiger partial charge < -0.3 is 19.3 Å². The van der Waals surface area contributed by atoms with Gasteiger partial charge in [0.2, 0.25) is 0 Å². The average molecular weight is 533 g/mol. The first kappa shape index (κ1) is 28.3. The van der Waals surface area contributed by atoms with E-state index in [1.165, 1.54) is 13.2 Å². The van der Waals surface area contributed by atoms with Gasteiger partial charge in [-0.1, -0.05) is 25.1 Å². The summed E-state index contributed by atoms with van der Waals surface area (Å²) in [6, 6.07) is 12.5. The molecular formula is C27H27F3N2O6. The molecule has 3 aromatic rings. The van der Waals surface area contributed by atoms with Gasteiger partial charge in [-0.2, -0.15) is 13.2 Å². The van der Waals surface area contributed by atoms with E-state index >= 15 is 0 Å². The van der Waals surface area contributed by atoms with Gasteiger partial charge in [-0.3, -0.25) is 14.7 Å². The quantitative estimate of drug-likeness (QED) is 0.354. The van der Waals surface area contributed by atoms with E-state index in [1.807, 2.05) is 25.3 Å². The van der Waals surface area contributed by atoms with Crippen molar-refractivity contribution in [1.82, 2.24) is 9.88 Å². The van der Waals surface area contributed by atoms with Gasteiger partial charge in [-0.25, -0.2) is 4.79 Å². The number of carboxylic acids is 1. The number of benzene rings is 2. The van der Waals surface area contributed by atoms with E-state index in [2.05, 4.69) is 4.98 Å². The lowest BCUT2D eigenvalue weighted by atomic mass is 10.2. The molecule has 11 heteroatoms. The van der Waals surface area contributed by atoms with Crippen LogP contribution < -0.4 is 14.2 Å². The van der Waals surface area contributed by atoms with Crippen molar-refractivity contribution in [2.75, 3.05) is 20.3 Å². The fourth-order valence-corrected chi connectivity index (χ4v) is 3.48. The van der Waals surface area contributed by atoms with E-state index in [4.69, 9.17) is 14.2 Å². The molecule has 2 aromatic carbocycles. The van der Waals surface area contributed by atoms with Crippen LogP contribution in [0.25, 0.3) is 0 Å². The Morgan fingerprint density at radius 1 is 1.03 bits per heavy atom. The van der Waals surface area contributed by atoms with Crippen LogP contribution in [-0.2, 0) is 30.4 Å². The van der Waals surface area contributed by atoms with Crippen molar-refractivity contribution >= 4 is 12.1 Å². The molecule has 0 bridgehead atoms. The number of hydrogen-bond donors (Lipinski definition) is 1. The number of aromatic nitrogens is 1. The largest absolute Gasteiger partial charge is 0.493 e. The summed E-state index contributed by atoms with van der Waals surface area (Å²) in [7, 11) is 1.47. The number of methoxy groups -OCH3 is 1. The number of rotatable bonds is 11. The average Bonchev–Trinajstić information content (AvgIpc) is 2.88. The number of pyridine rings is 1. The molecule has 3 rings (SSSR count). The van der Waals surface area contributed by atoms with Gasteiger partial charge in [0.25, 0.3) is 0 Å². The summed E-state index contributed by atoms with van der Waals surface area (Å²) in [5.74, 6) is -0.881. The number of aliphatic carboxylic acids is 1. The molecule has 202 valence electrons. The first-order valence-corrected chi connectivity index (χ1v) is 11.7. The molecule has 0 radical (unpaired) electrons. The van der Waals surface area contributed by atoms with Crippen LogP contribution >= 0.6 is 0 Å². The second kappa shape index (κ2) is 12.8. The number of ether oxygens (including phenoxy) is 3. The van der Waals surface area contributed by atoms with Crippen LogP contribution in [0.1, 0.15) is 29.3 Å². The SMILES string of the molecule is CCc1ccc(CCOc2cc(CN(CC(=O)O)C(=O)Oc3cccc(C(F)(F)F)c3)ccc2OC)nc1. The number of alkyl halides is 3. The Morgan fingerprint density at radius 3 is 2.42 bits per heavy atom. The van der Waals surface area contributed by atoms with E-state index in [9.17, 15) is 27.9 Å². The topological polar surface area (TPSA) is 98.2 Å². The van der Waals surface area contributed by atoms with Crippen LogP contribution in [0.15, 0.2) is 60.8 Å². The minimum absolute atomic E-state index is 0.204. The van der Waals surface area contributed by atoms with Gasteiger partial charge in [0.1, 0.15) is 12.3 Å². The third kappa shape index (κ3) is 8.12. The van der Waals surface area contributed by atoms with Crippen LogP contribution in [0, 0.1) is 0 Å². The zero-order chi connectivity index (χ0) is 27.7. The fraction of sp³-hybridized carbons (Fsp3) is 0.296. The molecule has 0 saturated heterocycles. The number of aryl methyl sites for hydroxylation is 1. The van der Waals surface area contributed by atoms with E-state index in [0.29, 0.717) is 29.5 Å². The molecule has 1 heterocycles. The molecule has 1 aromatic heterocycles. The first-order valence-electron chi connectivity index (χ1n) is 11.7. The van der Waals surface area contributed by atoms with Gasteiger partial charge in [0, 0.05) is 24.9 Å². The lowest BCUT2D eigenvalue weighted by Gasteiger charge is -2.21.